The number of ether oxygens (including phenoxy) is 1. The standard InChI is InChI=1S/C8H11NO3/c1-2-12-8(11)6-3-4-9-7(10)5-6/h3,5,9-10H,2,4H2,1H3. The van der Waals surface area contributed by atoms with Gasteiger partial charge >= 0.3 is 5.97 Å². The van der Waals surface area contributed by atoms with Crippen molar-refractivity contribution < 1.29 is 14.6 Å². The summed E-state index contributed by atoms with van der Waals surface area (Å²) >= 11 is 0. The van der Waals surface area contributed by atoms with Crippen LogP contribution in [0.5, 0.6) is 0 Å². The molecule has 0 aromatic rings. The van der Waals surface area contributed by atoms with Crippen LogP contribution in [-0.2, 0) is 9.53 Å². The zero-order chi connectivity index (χ0) is 8.97. The van der Waals surface area contributed by atoms with E-state index in [-0.39, 0.29) is 5.88 Å². The van der Waals surface area contributed by atoms with Crippen molar-refractivity contribution >= 4 is 5.97 Å². The van der Waals surface area contributed by atoms with Gasteiger partial charge in [-0.2, -0.15) is 0 Å². The molecule has 0 amide bonds. The van der Waals surface area contributed by atoms with E-state index in [0.29, 0.717) is 18.7 Å². The highest BCUT2D eigenvalue weighted by Crippen LogP contribution is 2.05. The molecular weight excluding hydrogens is 158 g/mol. The Balaban J connectivity index is 2.63. The Morgan fingerprint density at radius 1 is 1.83 bits per heavy atom. The van der Waals surface area contributed by atoms with E-state index in [1.807, 2.05) is 0 Å². The second-order valence-corrected chi connectivity index (χ2v) is 2.29. The molecule has 0 radical (unpaired) electrons. The third kappa shape index (κ3) is 2.02. The lowest BCUT2D eigenvalue weighted by Crippen LogP contribution is -2.20. The maximum absolute atomic E-state index is 11.1. The predicted octanol–water partition coefficient (Wildman–Crippen LogP) is 0.479. The second-order valence-electron chi connectivity index (χ2n) is 2.29. The van der Waals surface area contributed by atoms with E-state index in [0.717, 1.165) is 0 Å². The van der Waals surface area contributed by atoms with Crippen molar-refractivity contribution in [2.75, 3.05) is 13.2 Å². The maximum atomic E-state index is 11.1. The quantitative estimate of drug-likeness (QED) is 0.590. The van der Waals surface area contributed by atoms with E-state index in [1.165, 1.54) is 6.08 Å². The molecule has 0 saturated heterocycles. The first-order valence-electron chi connectivity index (χ1n) is 3.76. The molecule has 0 saturated carbocycles. The van der Waals surface area contributed by atoms with Crippen molar-refractivity contribution in [3.63, 3.8) is 0 Å². The summed E-state index contributed by atoms with van der Waals surface area (Å²) in [7, 11) is 0. The molecule has 1 heterocycles. The summed E-state index contributed by atoms with van der Waals surface area (Å²) in [6.45, 7) is 2.54. The molecule has 1 rings (SSSR count). The zero-order valence-corrected chi connectivity index (χ0v) is 6.83. The fraction of sp³-hybridized carbons (Fsp3) is 0.375. The van der Waals surface area contributed by atoms with E-state index in [1.54, 1.807) is 13.0 Å². The molecule has 0 aliphatic carbocycles. The number of aliphatic hydroxyl groups excluding tert-OH is 1. The summed E-state index contributed by atoms with van der Waals surface area (Å²) in [5, 5.41) is 11.6. The average molecular weight is 169 g/mol. The third-order valence-electron chi connectivity index (χ3n) is 1.41. The van der Waals surface area contributed by atoms with Crippen molar-refractivity contribution in [2.24, 2.45) is 0 Å². The van der Waals surface area contributed by atoms with E-state index in [4.69, 9.17) is 9.84 Å². The van der Waals surface area contributed by atoms with Crippen LogP contribution in [0.2, 0.25) is 0 Å². The van der Waals surface area contributed by atoms with Crippen molar-refractivity contribution in [2.45, 2.75) is 6.92 Å². The van der Waals surface area contributed by atoms with E-state index >= 15 is 0 Å². The number of esters is 1. The molecule has 1 aliphatic heterocycles. The third-order valence-corrected chi connectivity index (χ3v) is 1.41. The molecule has 66 valence electrons. The number of carbonyl (C=O) groups excluding carboxylic acids is 1. The minimum absolute atomic E-state index is 0.000512. The van der Waals surface area contributed by atoms with Crippen LogP contribution in [0, 0.1) is 0 Å². The lowest BCUT2D eigenvalue weighted by atomic mass is 10.2. The van der Waals surface area contributed by atoms with Crippen LogP contribution in [0.15, 0.2) is 23.6 Å². The Morgan fingerprint density at radius 2 is 2.58 bits per heavy atom. The van der Waals surface area contributed by atoms with Gasteiger partial charge in [0.25, 0.3) is 0 Å². The van der Waals surface area contributed by atoms with E-state index in [9.17, 15) is 4.79 Å². The Kier molecular flexibility index (Phi) is 2.74. The van der Waals surface area contributed by atoms with Crippen LogP contribution in [0.3, 0.4) is 0 Å². The summed E-state index contributed by atoms with van der Waals surface area (Å²) in [6, 6.07) is 0. The highest BCUT2D eigenvalue weighted by atomic mass is 16.5. The zero-order valence-electron chi connectivity index (χ0n) is 6.83. The number of hydrogen-bond acceptors (Lipinski definition) is 4. The minimum atomic E-state index is -0.398. The van der Waals surface area contributed by atoms with Gasteiger partial charge < -0.3 is 15.2 Å². The number of dihydropyridines is 1. The summed E-state index contributed by atoms with van der Waals surface area (Å²) in [5.74, 6) is -0.397. The van der Waals surface area contributed by atoms with Crippen LogP contribution >= 0.6 is 0 Å². The average Bonchev–Trinajstić information content (AvgIpc) is 2.05. The lowest BCUT2D eigenvalue weighted by molar-refractivity contribution is -0.138. The maximum Gasteiger partial charge on any atom is 0.338 e. The minimum Gasteiger partial charge on any atom is -0.495 e. The summed E-state index contributed by atoms with van der Waals surface area (Å²) in [4.78, 5) is 11.1. The van der Waals surface area contributed by atoms with Crippen molar-refractivity contribution in [3.8, 4) is 0 Å². The van der Waals surface area contributed by atoms with Gasteiger partial charge in [0.2, 0.25) is 0 Å². The first kappa shape index (κ1) is 8.64. The molecule has 4 nitrogen and oxygen atoms in total. The van der Waals surface area contributed by atoms with Gasteiger partial charge in [0.1, 0.15) is 0 Å². The number of hydrogen-bond donors (Lipinski definition) is 2. The molecule has 0 aromatic carbocycles. The topological polar surface area (TPSA) is 58.6 Å². The predicted molar refractivity (Wildman–Crippen MR) is 43.4 cm³/mol. The fourth-order valence-electron chi connectivity index (χ4n) is 0.879. The molecule has 4 heteroatoms. The molecule has 0 unspecified atom stereocenters. The molecule has 2 N–H and O–H groups in total. The Hall–Kier alpha value is -1.45. The molecule has 0 aromatic heterocycles. The van der Waals surface area contributed by atoms with Crippen LogP contribution in [0.1, 0.15) is 6.92 Å². The van der Waals surface area contributed by atoms with E-state index < -0.39 is 5.97 Å². The van der Waals surface area contributed by atoms with Crippen LogP contribution in [0.25, 0.3) is 0 Å². The Morgan fingerprint density at radius 3 is 3.17 bits per heavy atom. The largest absolute Gasteiger partial charge is 0.495 e. The molecule has 12 heavy (non-hydrogen) atoms. The van der Waals surface area contributed by atoms with Gasteiger partial charge in [-0.3, -0.25) is 0 Å². The summed E-state index contributed by atoms with van der Waals surface area (Å²) in [5.41, 5.74) is 0.396. The van der Waals surface area contributed by atoms with Gasteiger partial charge in [-0.1, -0.05) is 6.08 Å². The molecule has 0 spiro atoms. The first-order valence-corrected chi connectivity index (χ1v) is 3.76. The van der Waals surface area contributed by atoms with Gasteiger partial charge in [0, 0.05) is 12.6 Å². The first-order chi connectivity index (χ1) is 5.74. The van der Waals surface area contributed by atoms with E-state index in [2.05, 4.69) is 5.32 Å². The van der Waals surface area contributed by atoms with Gasteiger partial charge in [-0.15, -0.1) is 0 Å². The van der Waals surface area contributed by atoms with Gasteiger partial charge in [-0.05, 0) is 6.92 Å². The SMILES string of the molecule is CCOC(=O)C1=CCNC(O)=C1. The molecular formula is C8H11NO3. The molecule has 0 bridgehead atoms. The monoisotopic (exact) mass is 169 g/mol. The van der Waals surface area contributed by atoms with Gasteiger partial charge in [-0.25, -0.2) is 4.79 Å². The number of rotatable bonds is 2. The highest BCUT2D eigenvalue weighted by molar-refractivity contribution is 5.91. The molecule has 0 atom stereocenters. The highest BCUT2D eigenvalue weighted by Gasteiger charge is 2.11. The van der Waals surface area contributed by atoms with Gasteiger partial charge in [0.05, 0.1) is 12.2 Å². The van der Waals surface area contributed by atoms with Gasteiger partial charge in [0.15, 0.2) is 5.88 Å². The number of carbonyl (C=O) groups is 1. The smallest absolute Gasteiger partial charge is 0.338 e. The normalized spacial score (nSPS) is 15.8. The van der Waals surface area contributed by atoms with Crippen molar-refractivity contribution in [1.82, 2.24) is 5.32 Å². The number of nitrogens with one attached hydrogen (secondary N) is 1. The second kappa shape index (κ2) is 3.80. The van der Waals surface area contributed by atoms with Crippen molar-refractivity contribution in [3.05, 3.63) is 23.6 Å². The van der Waals surface area contributed by atoms with Crippen LogP contribution in [-0.4, -0.2) is 24.2 Å². The van der Waals surface area contributed by atoms with Crippen LogP contribution in [0.4, 0.5) is 0 Å². The Bertz CT molecular complexity index is 243. The van der Waals surface area contributed by atoms with Crippen LogP contribution < -0.4 is 5.32 Å². The number of aliphatic hydroxyl groups is 1. The summed E-state index contributed by atoms with van der Waals surface area (Å²) < 4.78 is 4.74. The molecule has 1 aliphatic rings. The summed E-state index contributed by atoms with van der Waals surface area (Å²) in [6.07, 6.45) is 3.01. The Labute approximate surface area is 70.5 Å². The lowest BCUT2D eigenvalue weighted by Gasteiger charge is -2.10. The molecule has 0 fully saturated rings. The van der Waals surface area contributed by atoms with Crippen molar-refractivity contribution in [1.29, 1.82) is 0 Å². The fourth-order valence-corrected chi connectivity index (χ4v) is 0.879.